The Hall–Kier alpha value is -2.68. The Morgan fingerprint density at radius 1 is 1.24 bits per heavy atom. The molecule has 1 atom stereocenters. The summed E-state index contributed by atoms with van der Waals surface area (Å²) in [6.45, 7) is 6.44. The molecule has 0 radical (unpaired) electrons. The number of carbonyl (C=O) groups is 2. The normalized spacial score (nSPS) is 15.1. The van der Waals surface area contributed by atoms with Gasteiger partial charge in [-0.15, -0.1) is 11.8 Å². The van der Waals surface area contributed by atoms with Gasteiger partial charge in [0.05, 0.1) is 18.1 Å². The van der Waals surface area contributed by atoms with E-state index in [9.17, 15) is 9.59 Å². The average Bonchev–Trinajstić information content (AvgIpc) is 3.16. The number of anilines is 2. The third-order valence-corrected chi connectivity index (χ3v) is 5.90. The molecular weight excluding hydrogens is 392 g/mol. The standard InChI is InChI=1S/C20H26N4O4S/c1-14-12-18(22-28-14)21-20(26)15(2)29-13-19(25)24-10-8-23(9-11-24)16-4-6-17(27-3)7-5-16/h4-7,12,15H,8-11,13H2,1-3H3,(H,21,22,26)/t15-/m0/s1. The summed E-state index contributed by atoms with van der Waals surface area (Å²) in [4.78, 5) is 28.8. The van der Waals surface area contributed by atoms with Crippen molar-refractivity contribution in [1.82, 2.24) is 10.1 Å². The van der Waals surface area contributed by atoms with Gasteiger partial charge < -0.3 is 24.4 Å². The molecule has 3 rings (SSSR count). The minimum atomic E-state index is -0.364. The number of benzene rings is 1. The summed E-state index contributed by atoms with van der Waals surface area (Å²) in [7, 11) is 1.65. The zero-order valence-corrected chi connectivity index (χ0v) is 17.7. The highest BCUT2D eigenvalue weighted by atomic mass is 32.2. The van der Waals surface area contributed by atoms with E-state index < -0.39 is 0 Å². The summed E-state index contributed by atoms with van der Waals surface area (Å²) in [6, 6.07) is 9.60. The molecule has 1 aliphatic rings. The second kappa shape index (κ2) is 9.69. The monoisotopic (exact) mass is 418 g/mol. The number of nitrogens with one attached hydrogen (secondary N) is 1. The van der Waals surface area contributed by atoms with Gasteiger partial charge in [-0.1, -0.05) is 5.16 Å². The van der Waals surface area contributed by atoms with Gasteiger partial charge in [-0.2, -0.15) is 0 Å². The van der Waals surface area contributed by atoms with E-state index >= 15 is 0 Å². The number of carbonyl (C=O) groups excluding carboxylic acids is 2. The zero-order chi connectivity index (χ0) is 20.8. The third kappa shape index (κ3) is 5.66. The molecule has 1 saturated heterocycles. The van der Waals surface area contributed by atoms with E-state index in [2.05, 4.69) is 15.4 Å². The first kappa shape index (κ1) is 21.0. The first-order valence-corrected chi connectivity index (χ1v) is 10.5. The van der Waals surface area contributed by atoms with Gasteiger partial charge in [0.2, 0.25) is 11.8 Å². The molecule has 1 aliphatic heterocycles. The van der Waals surface area contributed by atoms with Crippen molar-refractivity contribution in [2.24, 2.45) is 0 Å². The quantitative estimate of drug-likeness (QED) is 0.739. The molecule has 29 heavy (non-hydrogen) atoms. The summed E-state index contributed by atoms with van der Waals surface area (Å²) in [5, 5.41) is 6.07. The summed E-state index contributed by atoms with van der Waals surface area (Å²) in [5.41, 5.74) is 1.13. The van der Waals surface area contributed by atoms with Crippen molar-refractivity contribution in [1.29, 1.82) is 0 Å². The maximum absolute atomic E-state index is 12.5. The fraction of sp³-hybridized carbons (Fsp3) is 0.450. The Bertz CT molecular complexity index is 831. The van der Waals surface area contributed by atoms with Gasteiger partial charge in [0.1, 0.15) is 11.5 Å². The highest BCUT2D eigenvalue weighted by Crippen LogP contribution is 2.21. The predicted octanol–water partition coefficient (Wildman–Crippen LogP) is 2.40. The van der Waals surface area contributed by atoms with E-state index in [0.717, 1.165) is 24.5 Å². The topological polar surface area (TPSA) is 87.9 Å². The van der Waals surface area contributed by atoms with Crippen LogP contribution in [0.4, 0.5) is 11.5 Å². The number of hydrogen-bond acceptors (Lipinski definition) is 7. The molecule has 8 nitrogen and oxygen atoms in total. The fourth-order valence-corrected chi connectivity index (χ4v) is 3.81. The number of rotatable bonds is 7. The summed E-state index contributed by atoms with van der Waals surface area (Å²) in [6.07, 6.45) is 0. The lowest BCUT2D eigenvalue weighted by atomic mass is 10.2. The van der Waals surface area contributed by atoms with E-state index in [1.54, 1.807) is 27.0 Å². The van der Waals surface area contributed by atoms with E-state index in [-0.39, 0.29) is 22.8 Å². The van der Waals surface area contributed by atoms with Crippen LogP contribution in [0.1, 0.15) is 12.7 Å². The Morgan fingerprint density at radius 3 is 2.52 bits per heavy atom. The number of thioether (sulfide) groups is 1. The van der Waals surface area contributed by atoms with Crippen LogP contribution in [0.15, 0.2) is 34.9 Å². The molecule has 0 aliphatic carbocycles. The maximum atomic E-state index is 12.5. The van der Waals surface area contributed by atoms with Crippen LogP contribution in [-0.4, -0.2) is 66.2 Å². The molecule has 0 spiro atoms. The maximum Gasteiger partial charge on any atom is 0.238 e. The SMILES string of the molecule is COc1ccc(N2CCN(C(=O)CS[C@@H](C)C(=O)Nc3cc(C)on3)CC2)cc1. The molecule has 2 amide bonds. The van der Waals surface area contributed by atoms with Gasteiger partial charge in [0.15, 0.2) is 5.82 Å². The molecular formula is C20H26N4O4S. The third-order valence-electron chi connectivity index (χ3n) is 4.78. The van der Waals surface area contributed by atoms with E-state index in [1.165, 1.54) is 11.8 Å². The molecule has 0 bridgehead atoms. The van der Waals surface area contributed by atoms with Gasteiger partial charge in [0.25, 0.3) is 0 Å². The molecule has 2 heterocycles. The van der Waals surface area contributed by atoms with Gasteiger partial charge in [-0.3, -0.25) is 9.59 Å². The number of amides is 2. The lowest BCUT2D eigenvalue weighted by Crippen LogP contribution is -2.49. The Kier molecular flexibility index (Phi) is 7.03. The smallest absolute Gasteiger partial charge is 0.238 e. The van der Waals surface area contributed by atoms with Crippen LogP contribution in [0.2, 0.25) is 0 Å². The first-order chi connectivity index (χ1) is 14.0. The molecule has 0 saturated carbocycles. The molecule has 2 aromatic rings. The highest BCUT2D eigenvalue weighted by molar-refractivity contribution is 8.01. The van der Waals surface area contributed by atoms with Crippen molar-refractivity contribution in [3.05, 3.63) is 36.1 Å². The van der Waals surface area contributed by atoms with Crippen LogP contribution >= 0.6 is 11.8 Å². The lowest BCUT2D eigenvalue weighted by molar-refractivity contribution is -0.128. The van der Waals surface area contributed by atoms with Crippen LogP contribution in [0.5, 0.6) is 5.75 Å². The number of aryl methyl sites for hydroxylation is 1. The van der Waals surface area contributed by atoms with Gasteiger partial charge in [-0.25, -0.2) is 0 Å². The lowest BCUT2D eigenvalue weighted by Gasteiger charge is -2.36. The van der Waals surface area contributed by atoms with Crippen molar-refractivity contribution in [2.45, 2.75) is 19.1 Å². The highest BCUT2D eigenvalue weighted by Gasteiger charge is 2.23. The number of hydrogen-bond donors (Lipinski definition) is 1. The van der Waals surface area contributed by atoms with Crippen molar-refractivity contribution < 1.29 is 18.8 Å². The van der Waals surface area contributed by atoms with Crippen LogP contribution in [0, 0.1) is 6.92 Å². The summed E-state index contributed by atoms with van der Waals surface area (Å²) in [5.74, 6) is 1.98. The van der Waals surface area contributed by atoms with Crippen LogP contribution < -0.4 is 15.0 Å². The second-order valence-electron chi connectivity index (χ2n) is 6.83. The Balaban J connectivity index is 1.41. The Labute approximate surface area is 174 Å². The van der Waals surface area contributed by atoms with Gasteiger partial charge >= 0.3 is 0 Å². The molecule has 0 unspecified atom stereocenters. The van der Waals surface area contributed by atoms with Crippen molar-refractivity contribution in [2.75, 3.05) is 49.3 Å². The zero-order valence-electron chi connectivity index (χ0n) is 16.9. The van der Waals surface area contributed by atoms with Crippen molar-refractivity contribution in [3.8, 4) is 5.75 Å². The molecule has 1 fully saturated rings. The van der Waals surface area contributed by atoms with E-state index in [4.69, 9.17) is 9.26 Å². The number of nitrogens with zero attached hydrogens (tertiary/aromatic N) is 3. The summed E-state index contributed by atoms with van der Waals surface area (Å²) >= 11 is 1.32. The largest absolute Gasteiger partial charge is 0.497 e. The van der Waals surface area contributed by atoms with Gasteiger partial charge in [-0.05, 0) is 38.1 Å². The van der Waals surface area contributed by atoms with Gasteiger partial charge in [0, 0.05) is 37.9 Å². The van der Waals surface area contributed by atoms with Crippen molar-refractivity contribution in [3.63, 3.8) is 0 Å². The van der Waals surface area contributed by atoms with Crippen LogP contribution in [-0.2, 0) is 9.59 Å². The second-order valence-corrected chi connectivity index (χ2v) is 8.16. The number of piperazine rings is 1. The Morgan fingerprint density at radius 2 is 1.93 bits per heavy atom. The number of methoxy groups -OCH3 is 1. The fourth-order valence-electron chi connectivity index (χ4n) is 3.02. The first-order valence-electron chi connectivity index (χ1n) is 9.49. The summed E-state index contributed by atoms with van der Waals surface area (Å²) < 4.78 is 10.1. The predicted molar refractivity (Wildman–Crippen MR) is 114 cm³/mol. The van der Waals surface area contributed by atoms with E-state index in [1.807, 2.05) is 29.2 Å². The van der Waals surface area contributed by atoms with E-state index in [0.29, 0.717) is 24.7 Å². The molecule has 1 aromatic carbocycles. The average molecular weight is 419 g/mol. The van der Waals surface area contributed by atoms with Crippen LogP contribution in [0.3, 0.4) is 0 Å². The van der Waals surface area contributed by atoms with Crippen molar-refractivity contribution >= 4 is 35.1 Å². The molecule has 9 heteroatoms. The van der Waals surface area contributed by atoms with Crippen LogP contribution in [0.25, 0.3) is 0 Å². The number of ether oxygens (including phenoxy) is 1. The molecule has 156 valence electrons. The minimum absolute atomic E-state index is 0.0568. The number of aromatic nitrogens is 1. The molecule has 1 N–H and O–H groups in total. The minimum Gasteiger partial charge on any atom is -0.497 e. The molecule has 1 aromatic heterocycles.